The molecule has 6 nitrogen and oxygen atoms in total. The van der Waals surface area contributed by atoms with Crippen molar-refractivity contribution in [3.05, 3.63) is 61.9 Å². The Balaban J connectivity index is 2.53. The number of nitrogens with zero attached hydrogens (tertiary/aromatic N) is 3. The highest BCUT2D eigenvalue weighted by atomic mass is 19.4. The van der Waals surface area contributed by atoms with Crippen molar-refractivity contribution < 1.29 is 13.2 Å². The maximum Gasteiger partial charge on any atom is 0.431 e. The number of aromatic nitrogens is 2. The molecule has 1 aromatic heterocycles. The van der Waals surface area contributed by atoms with Crippen LogP contribution in [0, 0.1) is 11.3 Å². The van der Waals surface area contributed by atoms with E-state index in [0.29, 0.717) is 32.0 Å². The zero-order valence-corrected chi connectivity index (χ0v) is 12.8. The predicted octanol–water partition coefficient (Wildman–Crippen LogP) is 1.53. The van der Waals surface area contributed by atoms with Gasteiger partial charge in [-0.2, -0.15) is 18.4 Å². The minimum atomic E-state index is -4.79. The second-order valence-corrected chi connectivity index (χ2v) is 5.04. The summed E-state index contributed by atoms with van der Waals surface area (Å²) in [6.45, 7) is -0.204. The molecule has 24 heavy (non-hydrogen) atoms. The topological polar surface area (TPSA) is 79.8 Å². The van der Waals surface area contributed by atoms with Crippen LogP contribution in [-0.2, 0) is 19.8 Å². The molecule has 1 heterocycles. The Morgan fingerprint density at radius 2 is 1.92 bits per heavy atom. The Kier molecular flexibility index (Phi) is 4.50. The lowest BCUT2D eigenvalue weighted by atomic mass is 10.1. The Morgan fingerprint density at radius 1 is 1.25 bits per heavy atom. The fraction of sp³-hybridized carbons (Fsp3) is 0.267. The number of nitriles is 1. The van der Waals surface area contributed by atoms with Crippen molar-refractivity contribution in [2.45, 2.75) is 12.7 Å². The lowest BCUT2D eigenvalue weighted by Crippen LogP contribution is -2.41. The Bertz CT molecular complexity index is 936. The van der Waals surface area contributed by atoms with Crippen molar-refractivity contribution in [3.8, 4) is 6.07 Å². The van der Waals surface area contributed by atoms with Gasteiger partial charge in [-0.1, -0.05) is 6.07 Å². The summed E-state index contributed by atoms with van der Waals surface area (Å²) in [5, 5.41) is 11.8. The van der Waals surface area contributed by atoms with Gasteiger partial charge in [-0.05, 0) is 17.7 Å². The molecule has 126 valence electrons. The molecule has 1 N–H and O–H groups in total. The Labute approximate surface area is 134 Å². The quantitative estimate of drug-likeness (QED) is 0.920. The molecule has 0 atom stereocenters. The Morgan fingerprint density at radius 3 is 2.46 bits per heavy atom. The standard InChI is InChI=1S/C15H13F3N4O2/c1-20-11-5-9(3-4-10(11)7-19)8-22-13(23)6-12(15(16,17)18)21(2)14(22)24/h3-6,20H,8H2,1-2H3. The van der Waals surface area contributed by atoms with Crippen LogP contribution in [0.25, 0.3) is 0 Å². The van der Waals surface area contributed by atoms with Gasteiger partial charge in [0.2, 0.25) is 0 Å². The lowest BCUT2D eigenvalue weighted by Gasteiger charge is -2.14. The van der Waals surface area contributed by atoms with Gasteiger partial charge >= 0.3 is 11.9 Å². The van der Waals surface area contributed by atoms with Crippen LogP contribution in [0.2, 0.25) is 0 Å². The van der Waals surface area contributed by atoms with Crippen molar-refractivity contribution in [1.82, 2.24) is 9.13 Å². The van der Waals surface area contributed by atoms with Crippen LogP contribution in [-0.4, -0.2) is 16.2 Å². The van der Waals surface area contributed by atoms with Gasteiger partial charge in [-0.3, -0.25) is 13.9 Å². The molecular weight excluding hydrogens is 325 g/mol. The SMILES string of the molecule is CNc1cc(Cn2c(=O)cc(C(F)(F)F)n(C)c2=O)ccc1C#N. The van der Waals surface area contributed by atoms with Crippen LogP contribution in [0.15, 0.2) is 33.9 Å². The predicted molar refractivity (Wildman–Crippen MR) is 80.8 cm³/mol. The van der Waals surface area contributed by atoms with Crippen molar-refractivity contribution in [2.24, 2.45) is 7.05 Å². The lowest BCUT2D eigenvalue weighted by molar-refractivity contribution is -0.144. The van der Waals surface area contributed by atoms with Gasteiger partial charge in [0.15, 0.2) is 0 Å². The van der Waals surface area contributed by atoms with Gasteiger partial charge in [0.25, 0.3) is 5.56 Å². The number of anilines is 1. The molecule has 0 saturated heterocycles. The zero-order chi connectivity index (χ0) is 18.1. The largest absolute Gasteiger partial charge is 0.431 e. The van der Waals surface area contributed by atoms with Crippen molar-refractivity contribution in [1.29, 1.82) is 5.26 Å². The van der Waals surface area contributed by atoms with Crippen LogP contribution in [0.4, 0.5) is 18.9 Å². The van der Waals surface area contributed by atoms with Crippen LogP contribution in [0.3, 0.4) is 0 Å². The minimum Gasteiger partial charge on any atom is -0.387 e. The first-order chi connectivity index (χ1) is 11.2. The molecule has 0 aliphatic carbocycles. The number of nitrogens with one attached hydrogen (secondary N) is 1. The minimum absolute atomic E-state index is 0.204. The fourth-order valence-corrected chi connectivity index (χ4v) is 2.26. The first-order valence-electron chi connectivity index (χ1n) is 6.78. The molecule has 0 spiro atoms. The van der Waals surface area contributed by atoms with Crippen LogP contribution in [0.5, 0.6) is 0 Å². The molecule has 0 amide bonds. The van der Waals surface area contributed by atoms with Crippen LogP contribution >= 0.6 is 0 Å². The molecule has 2 aromatic rings. The summed E-state index contributed by atoms with van der Waals surface area (Å²) in [6.07, 6.45) is -4.79. The molecule has 0 radical (unpaired) electrons. The van der Waals surface area contributed by atoms with E-state index < -0.39 is 23.1 Å². The summed E-state index contributed by atoms with van der Waals surface area (Å²) in [5.74, 6) is 0. The molecule has 0 aliphatic rings. The van der Waals surface area contributed by atoms with Crippen LogP contribution in [0.1, 0.15) is 16.8 Å². The highest BCUT2D eigenvalue weighted by molar-refractivity contribution is 5.58. The van der Waals surface area contributed by atoms with E-state index in [1.165, 1.54) is 12.1 Å². The number of alkyl halides is 3. The second-order valence-electron chi connectivity index (χ2n) is 5.04. The summed E-state index contributed by atoms with van der Waals surface area (Å²) >= 11 is 0. The van der Waals surface area contributed by atoms with E-state index in [-0.39, 0.29) is 6.54 Å². The summed E-state index contributed by atoms with van der Waals surface area (Å²) in [4.78, 5) is 24.0. The number of benzene rings is 1. The normalized spacial score (nSPS) is 11.2. The van der Waals surface area contributed by atoms with Crippen LogP contribution < -0.4 is 16.6 Å². The first-order valence-corrected chi connectivity index (χ1v) is 6.78. The van der Waals surface area contributed by atoms with E-state index in [9.17, 15) is 22.8 Å². The highest BCUT2D eigenvalue weighted by Crippen LogP contribution is 2.26. The summed E-state index contributed by atoms with van der Waals surface area (Å²) in [6, 6.07) is 6.95. The fourth-order valence-electron chi connectivity index (χ4n) is 2.26. The highest BCUT2D eigenvalue weighted by Gasteiger charge is 2.34. The van der Waals surface area contributed by atoms with E-state index in [4.69, 9.17) is 5.26 Å². The summed E-state index contributed by atoms with van der Waals surface area (Å²) in [7, 11) is 2.56. The molecule has 0 saturated carbocycles. The van der Waals surface area contributed by atoms with Crippen molar-refractivity contribution >= 4 is 5.69 Å². The third-order valence-corrected chi connectivity index (χ3v) is 3.51. The summed E-state index contributed by atoms with van der Waals surface area (Å²) < 4.78 is 39.5. The number of halogens is 3. The maximum absolute atomic E-state index is 12.8. The smallest absolute Gasteiger partial charge is 0.387 e. The first kappa shape index (κ1) is 17.3. The van der Waals surface area contributed by atoms with E-state index >= 15 is 0 Å². The van der Waals surface area contributed by atoms with Crippen molar-refractivity contribution in [3.63, 3.8) is 0 Å². The van der Waals surface area contributed by atoms with E-state index in [2.05, 4.69) is 5.32 Å². The average Bonchev–Trinajstić information content (AvgIpc) is 2.53. The average molecular weight is 338 g/mol. The van der Waals surface area contributed by atoms with Gasteiger partial charge in [-0.15, -0.1) is 0 Å². The Hall–Kier alpha value is -3.02. The number of hydrogen-bond donors (Lipinski definition) is 1. The number of rotatable bonds is 3. The summed E-state index contributed by atoms with van der Waals surface area (Å²) in [5.41, 5.74) is -2.05. The molecule has 9 heteroatoms. The maximum atomic E-state index is 12.8. The van der Waals surface area contributed by atoms with Gasteiger partial charge < -0.3 is 5.32 Å². The van der Waals surface area contributed by atoms with E-state index in [0.717, 1.165) is 7.05 Å². The molecule has 0 aliphatic heterocycles. The molecule has 2 rings (SSSR count). The molecule has 0 fully saturated rings. The van der Waals surface area contributed by atoms with Gasteiger partial charge in [0.1, 0.15) is 11.8 Å². The molecular formula is C15H13F3N4O2. The molecule has 0 bridgehead atoms. The monoisotopic (exact) mass is 338 g/mol. The molecule has 1 aromatic carbocycles. The van der Waals surface area contributed by atoms with Gasteiger partial charge in [0.05, 0.1) is 17.8 Å². The van der Waals surface area contributed by atoms with E-state index in [1.54, 1.807) is 13.1 Å². The van der Waals surface area contributed by atoms with Crippen molar-refractivity contribution in [2.75, 3.05) is 12.4 Å². The third-order valence-electron chi connectivity index (χ3n) is 3.51. The van der Waals surface area contributed by atoms with Gasteiger partial charge in [0, 0.05) is 20.2 Å². The number of hydrogen-bond acceptors (Lipinski definition) is 4. The second kappa shape index (κ2) is 6.23. The van der Waals surface area contributed by atoms with E-state index in [1.807, 2.05) is 6.07 Å². The zero-order valence-electron chi connectivity index (χ0n) is 12.8. The molecule has 0 unspecified atom stereocenters. The van der Waals surface area contributed by atoms with Gasteiger partial charge in [-0.25, -0.2) is 4.79 Å². The third kappa shape index (κ3) is 3.17.